The van der Waals surface area contributed by atoms with Crippen molar-refractivity contribution >= 4 is 5.96 Å². The zero-order valence-corrected chi connectivity index (χ0v) is 15.4. The first kappa shape index (κ1) is 17.5. The van der Waals surface area contributed by atoms with Crippen molar-refractivity contribution in [2.45, 2.75) is 52.1 Å². The third kappa shape index (κ3) is 4.84. The molecule has 3 rings (SSSR count). The molecular weight excluding hydrogens is 312 g/mol. The third-order valence-electron chi connectivity index (χ3n) is 4.87. The molecule has 1 aliphatic rings. The SMILES string of the molecule is CN=C(NCc1coc(-c2ccc(C)cc2)n1)NC1CCC(C)CC1. The number of hydrogen-bond acceptors (Lipinski definition) is 3. The van der Waals surface area contributed by atoms with Gasteiger partial charge in [0.15, 0.2) is 5.96 Å². The van der Waals surface area contributed by atoms with Crippen LogP contribution < -0.4 is 10.6 Å². The number of benzene rings is 1. The molecular formula is C20H28N4O. The lowest BCUT2D eigenvalue weighted by Gasteiger charge is -2.28. The van der Waals surface area contributed by atoms with Gasteiger partial charge in [0.05, 0.1) is 12.2 Å². The summed E-state index contributed by atoms with van der Waals surface area (Å²) in [4.78, 5) is 8.89. The van der Waals surface area contributed by atoms with E-state index in [1.54, 1.807) is 13.3 Å². The second-order valence-electron chi connectivity index (χ2n) is 7.04. The first-order valence-electron chi connectivity index (χ1n) is 9.12. The van der Waals surface area contributed by atoms with E-state index >= 15 is 0 Å². The molecule has 0 unspecified atom stereocenters. The average Bonchev–Trinajstić information content (AvgIpc) is 3.10. The number of aliphatic imine (C=N–C) groups is 1. The van der Waals surface area contributed by atoms with E-state index in [4.69, 9.17) is 4.42 Å². The predicted octanol–water partition coefficient (Wildman–Crippen LogP) is 3.89. The van der Waals surface area contributed by atoms with Crippen molar-refractivity contribution in [3.63, 3.8) is 0 Å². The van der Waals surface area contributed by atoms with Crippen LogP contribution in [0.3, 0.4) is 0 Å². The molecule has 0 aliphatic heterocycles. The Bertz CT molecular complexity index is 697. The van der Waals surface area contributed by atoms with Crippen molar-refractivity contribution in [2.24, 2.45) is 10.9 Å². The molecule has 1 aromatic heterocycles. The minimum atomic E-state index is 0.517. The van der Waals surface area contributed by atoms with Crippen LogP contribution in [-0.4, -0.2) is 24.0 Å². The Labute approximate surface area is 150 Å². The summed E-state index contributed by atoms with van der Waals surface area (Å²) in [5.41, 5.74) is 3.09. The first-order valence-corrected chi connectivity index (χ1v) is 9.12. The predicted molar refractivity (Wildman–Crippen MR) is 101 cm³/mol. The van der Waals surface area contributed by atoms with Crippen LogP contribution in [0.5, 0.6) is 0 Å². The van der Waals surface area contributed by atoms with Crippen LogP contribution in [0.4, 0.5) is 0 Å². The Morgan fingerprint density at radius 3 is 2.60 bits per heavy atom. The fourth-order valence-corrected chi connectivity index (χ4v) is 3.18. The molecule has 5 heteroatoms. The van der Waals surface area contributed by atoms with Crippen LogP contribution in [0.1, 0.15) is 43.9 Å². The van der Waals surface area contributed by atoms with E-state index in [-0.39, 0.29) is 0 Å². The molecule has 134 valence electrons. The number of aromatic nitrogens is 1. The summed E-state index contributed by atoms with van der Waals surface area (Å²) < 4.78 is 5.61. The molecule has 1 aliphatic carbocycles. The minimum Gasteiger partial charge on any atom is -0.444 e. The molecule has 1 heterocycles. The van der Waals surface area contributed by atoms with Gasteiger partial charge >= 0.3 is 0 Å². The van der Waals surface area contributed by atoms with Crippen molar-refractivity contribution in [1.29, 1.82) is 0 Å². The highest BCUT2D eigenvalue weighted by Crippen LogP contribution is 2.23. The molecule has 2 aromatic rings. The average molecular weight is 340 g/mol. The van der Waals surface area contributed by atoms with Gasteiger partial charge in [-0.05, 0) is 50.7 Å². The molecule has 0 bridgehead atoms. The second kappa shape index (κ2) is 8.19. The summed E-state index contributed by atoms with van der Waals surface area (Å²) in [6.07, 6.45) is 6.71. The van der Waals surface area contributed by atoms with Crippen molar-refractivity contribution in [3.8, 4) is 11.5 Å². The molecule has 2 N–H and O–H groups in total. The number of hydrogen-bond donors (Lipinski definition) is 2. The summed E-state index contributed by atoms with van der Waals surface area (Å²) in [5.74, 6) is 2.34. The van der Waals surface area contributed by atoms with Crippen molar-refractivity contribution < 1.29 is 4.42 Å². The maximum atomic E-state index is 5.61. The van der Waals surface area contributed by atoms with Gasteiger partial charge in [-0.3, -0.25) is 4.99 Å². The highest BCUT2D eigenvalue weighted by atomic mass is 16.3. The van der Waals surface area contributed by atoms with E-state index in [0.29, 0.717) is 18.5 Å². The van der Waals surface area contributed by atoms with E-state index in [1.165, 1.54) is 31.2 Å². The minimum absolute atomic E-state index is 0.517. The smallest absolute Gasteiger partial charge is 0.226 e. The van der Waals surface area contributed by atoms with Gasteiger partial charge in [0.1, 0.15) is 6.26 Å². The topological polar surface area (TPSA) is 62.5 Å². The molecule has 5 nitrogen and oxygen atoms in total. The summed E-state index contributed by atoms with van der Waals surface area (Å²) in [7, 11) is 1.81. The van der Waals surface area contributed by atoms with E-state index in [9.17, 15) is 0 Å². The molecule has 1 saturated carbocycles. The fourth-order valence-electron chi connectivity index (χ4n) is 3.18. The van der Waals surface area contributed by atoms with Crippen molar-refractivity contribution in [3.05, 3.63) is 41.8 Å². The monoisotopic (exact) mass is 340 g/mol. The van der Waals surface area contributed by atoms with Crippen LogP contribution in [0, 0.1) is 12.8 Å². The Hall–Kier alpha value is -2.30. The third-order valence-corrected chi connectivity index (χ3v) is 4.87. The Balaban J connectivity index is 1.53. The summed E-state index contributed by atoms with van der Waals surface area (Å²) in [6, 6.07) is 8.71. The molecule has 25 heavy (non-hydrogen) atoms. The van der Waals surface area contributed by atoms with Gasteiger partial charge in [0.2, 0.25) is 5.89 Å². The zero-order chi connectivity index (χ0) is 17.6. The lowest BCUT2D eigenvalue weighted by atomic mass is 9.87. The number of nitrogens with zero attached hydrogens (tertiary/aromatic N) is 2. The maximum absolute atomic E-state index is 5.61. The standard InChI is InChI=1S/C20H28N4O/c1-14-4-8-16(9-5-14)19-23-18(13-25-19)12-22-20(21-3)24-17-10-6-15(2)7-11-17/h4-5,8-9,13,15,17H,6-7,10-12H2,1-3H3,(H2,21,22,24). The van der Waals surface area contributed by atoms with E-state index < -0.39 is 0 Å². The van der Waals surface area contributed by atoms with Gasteiger partial charge in [-0.2, -0.15) is 0 Å². The second-order valence-corrected chi connectivity index (χ2v) is 7.04. The van der Waals surface area contributed by atoms with E-state index in [0.717, 1.165) is 23.1 Å². The molecule has 0 atom stereocenters. The normalized spacial score (nSPS) is 21.2. The van der Waals surface area contributed by atoms with Gasteiger partial charge in [0, 0.05) is 18.7 Å². The number of guanidine groups is 1. The lowest BCUT2D eigenvalue weighted by Crippen LogP contribution is -2.44. The Kier molecular flexibility index (Phi) is 5.74. The van der Waals surface area contributed by atoms with Gasteiger partial charge in [-0.1, -0.05) is 24.6 Å². The number of oxazole rings is 1. The first-order chi connectivity index (χ1) is 12.1. The van der Waals surface area contributed by atoms with Gasteiger partial charge in [0.25, 0.3) is 0 Å². The summed E-state index contributed by atoms with van der Waals surface area (Å²) in [6.45, 7) is 5.00. The van der Waals surface area contributed by atoms with Gasteiger partial charge in [-0.25, -0.2) is 4.98 Å². The quantitative estimate of drug-likeness (QED) is 0.655. The molecule has 0 saturated heterocycles. The van der Waals surface area contributed by atoms with Crippen molar-refractivity contribution in [1.82, 2.24) is 15.6 Å². The lowest BCUT2D eigenvalue weighted by molar-refractivity contribution is 0.329. The number of aryl methyl sites for hydroxylation is 1. The number of rotatable bonds is 4. The molecule has 1 aromatic carbocycles. The largest absolute Gasteiger partial charge is 0.444 e. The zero-order valence-electron chi connectivity index (χ0n) is 15.4. The van der Waals surface area contributed by atoms with Crippen LogP contribution >= 0.6 is 0 Å². The number of nitrogens with one attached hydrogen (secondary N) is 2. The van der Waals surface area contributed by atoms with Crippen molar-refractivity contribution in [2.75, 3.05) is 7.05 Å². The van der Waals surface area contributed by atoms with Crippen LogP contribution in [0.15, 0.2) is 39.9 Å². The summed E-state index contributed by atoms with van der Waals surface area (Å²) >= 11 is 0. The highest BCUT2D eigenvalue weighted by molar-refractivity contribution is 5.79. The highest BCUT2D eigenvalue weighted by Gasteiger charge is 2.19. The van der Waals surface area contributed by atoms with Gasteiger partial charge in [-0.15, -0.1) is 0 Å². The Morgan fingerprint density at radius 2 is 1.92 bits per heavy atom. The maximum Gasteiger partial charge on any atom is 0.226 e. The summed E-state index contributed by atoms with van der Waals surface area (Å²) in [5, 5.41) is 6.86. The van der Waals surface area contributed by atoms with Gasteiger partial charge < -0.3 is 15.1 Å². The van der Waals surface area contributed by atoms with E-state index in [2.05, 4.69) is 46.6 Å². The molecule has 1 fully saturated rings. The molecule has 0 radical (unpaired) electrons. The van der Waals surface area contributed by atoms with Crippen LogP contribution in [0.2, 0.25) is 0 Å². The fraction of sp³-hybridized carbons (Fsp3) is 0.500. The van der Waals surface area contributed by atoms with E-state index in [1.807, 2.05) is 12.1 Å². The molecule has 0 amide bonds. The Morgan fingerprint density at radius 1 is 1.20 bits per heavy atom. The molecule has 0 spiro atoms. The van der Waals surface area contributed by atoms with Crippen LogP contribution in [0.25, 0.3) is 11.5 Å². The van der Waals surface area contributed by atoms with Crippen LogP contribution in [-0.2, 0) is 6.54 Å².